The second kappa shape index (κ2) is 4.08. The zero-order valence-corrected chi connectivity index (χ0v) is 8.51. The Kier molecular flexibility index (Phi) is 2.74. The van der Waals surface area contributed by atoms with Gasteiger partial charge in [0.05, 0.1) is 5.56 Å². The number of nitrogens with zero attached hydrogens (tertiary/aromatic N) is 1. The summed E-state index contributed by atoms with van der Waals surface area (Å²) >= 11 is 0. The fourth-order valence-corrected chi connectivity index (χ4v) is 1.39. The number of alkyl halides is 3. The molecule has 0 amide bonds. The number of benzene rings is 1. The standard InChI is InChI=1S/C10H8F3N3O/c11-10(12,13)7-3-1-6(2-4-7)5-8-14-9(17)16-15-8/h1-4H,5H2,(H2,14,15,16,17). The minimum atomic E-state index is -4.33. The van der Waals surface area contributed by atoms with E-state index in [0.29, 0.717) is 11.4 Å². The predicted molar refractivity (Wildman–Crippen MR) is 53.5 cm³/mol. The third kappa shape index (κ3) is 2.74. The van der Waals surface area contributed by atoms with E-state index in [4.69, 9.17) is 0 Å². The van der Waals surface area contributed by atoms with E-state index in [2.05, 4.69) is 15.2 Å². The fourth-order valence-electron chi connectivity index (χ4n) is 1.39. The smallest absolute Gasteiger partial charge is 0.293 e. The molecular formula is C10H8F3N3O. The van der Waals surface area contributed by atoms with E-state index in [9.17, 15) is 18.0 Å². The molecule has 0 spiro atoms. The number of nitrogens with one attached hydrogen (secondary N) is 2. The van der Waals surface area contributed by atoms with Crippen LogP contribution in [0.5, 0.6) is 0 Å². The molecule has 7 heteroatoms. The molecule has 0 radical (unpaired) electrons. The minimum absolute atomic E-state index is 0.275. The molecule has 2 rings (SSSR count). The van der Waals surface area contributed by atoms with Crippen LogP contribution in [0.15, 0.2) is 29.1 Å². The summed E-state index contributed by atoms with van der Waals surface area (Å²) in [5.74, 6) is 0.384. The van der Waals surface area contributed by atoms with Crippen molar-refractivity contribution < 1.29 is 13.2 Å². The lowest BCUT2D eigenvalue weighted by Gasteiger charge is -2.06. The molecule has 17 heavy (non-hydrogen) atoms. The molecular weight excluding hydrogens is 235 g/mol. The Balaban J connectivity index is 2.16. The van der Waals surface area contributed by atoms with E-state index in [-0.39, 0.29) is 6.42 Å². The van der Waals surface area contributed by atoms with Crippen molar-refractivity contribution in [3.8, 4) is 0 Å². The summed E-state index contributed by atoms with van der Waals surface area (Å²) in [4.78, 5) is 13.2. The quantitative estimate of drug-likeness (QED) is 0.843. The van der Waals surface area contributed by atoms with Crippen molar-refractivity contribution >= 4 is 0 Å². The van der Waals surface area contributed by atoms with Gasteiger partial charge in [-0.15, -0.1) is 0 Å². The number of aromatic amines is 2. The van der Waals surface area contributed by atoms with Crippen LogP contribution in [0.1, 0.15) is 17.0 Å². The zero-order chi connectivity index (χ0) is 12.5. The number of halogens is 3. The predicted octanol–water partition coefficient (Wildman–Crippen LogP) is 1.71. The van der Waals surface area contributed by atoms with Crippen molar-refractivity contribution in [1.29, 1.82) is 0 Å². The number of rotatable bonds is 2. The number of H-pyrrole nitrogens is 2. The van der Waals surface area contributed by atoms with Gasteiger partial charge in [-0.05, 0) is 17.7 Å². The van der Waals surface area contributed by atoms with E-state index < -0.39 is 17.4 Å². The highest BCUT2D eigenvalue weighted by Gasteiger charge is 2.29. The molecule has 0 fully saturated rings. The number of hydrogen-bond donors (Lipinski definition) is 2. The maximum Gasteiger partial charge on any atom is 0.416 e. The van der Waals surface area contributed by atoms with Crippen LogP contribution in [0.4, 0.5) is 13.2 Å². The summed E-state index contributed by atoms with van der Waals surface area (Å²) in [7, 11) is 0. The van der Waals surface area contributed by atoms with Crippen LogP contribution in [0.2, 0.25) is 0 Å². The van der Waals surface area contributed by atoms with Crippen LogP contribution in [0.25, 0.3) is 0 Å². The van der Waals surface area contributed by atoms with Gasteiger partial charge in [-0.3, -0.25) is 4.98 Å². The summed E-state index contributed by atoms with van der Waals surface area (Å²) in [6, 6.07) is 4.71. The van der Waals surface area contributed by atoms with Gasteiger partial charge in [0.1, 0.15) is 5.82 Å². The van der Waals surface area contributed by atoms with Crippen molar-refractivity contribution in [2.75, 3.05) is 0 Å². The molecule has 0 bridgehead atoms. The maximum atomic E-state index is 12.3. The third-order valence-electron chi connectivity index (χ3n) is 2.20. The molecule has 2 aromatic rings. The second-order valence-electron chi connectivity index (χ2n) is 3.50. The van der Waals surface area contributed by atoms with Crippen LogP contribution >= 0.6 is 0 Å². The van der Waals surface area contributed by atoms with Gasteiger partial charge in [-0.25, -0.2) is 9.89 Å². The van der Waals surface area contributed by atoms with Gasteiger partial charge in [-0.1, -0.05) is 12.1 Å². The molecule has 0 saturated heterocycles. The SMILES string of the molecule is O=c1[nH]nc(Cc2ccc(C(F)(F)F)cc2)[nH]1. The number of hydrogen-bond acceptors (Lipinski definition) is 2. The molecule has 0 aliphatic carbocycles. The Morgan fingerprint density at radius 2 is 1.82 bits per heavy atom. The minimum Gasteiger partial charge on any atom is -0.293 e. The average Bonchev–Trinajstić information content (AvgIpc) is 2.63. The molecule has 0 aliphatic rings. The summed E-state index contributed by atoms with van der Waals surface area (Å²) in [6.45, 7) is 0. The molecule has 0 unspecified atom stereocenters. The Morgan fingerprint density at radius 1 is 1.18 bits per heavy atom. The zero-order valence-electron chi connectivity index (χ0n) is 8.51. The largest absolute Gasteiger partial charge is 0.416 e. The van der Waals surface area contributed by atoms with Gasteiger partial charge in [0.2, 0.25) is 0 Å². The highest BCUT2D eigenvalue weighted by Crippen LogP contribution is 2.29. The molecule has 90 valence electrons. The molecule has 0 aliphatic heterocycles. The van der Waals surface area contributed by atoms with Gasteiger partial charge < -0.3 is 0 Å². The van der Waals surface area contributed by atoms with Gasteiger partial charge >= 0.3 is 11.9 Å². The lowest BCUT2D eigenvalue weighted by atomic mass is 10.1. The topological polar surface area (TPSA) is 61.5 Å². The normalized spacial score (nSPS) is 11.7. The van der Waals surface area contributed by atoms with Crippen molar-refractivity contribution in [2.24, 2.45) is 0 Å². The van der Waals surface area contributed by atoms with Crippen molar-refractivity contribution in [2.45, 2.75) is 12.6 Å². The molecule has 4 nitrogen and oxygen atoms in total. The first-order chi connectivity index (χ1) is 7.95. The first-order valence-corrected chi connectivity index (χ1v) is 4.75. The molecule has 1 heterocycles. The monoisotopic (exact) mass is 243 g/mol. The first kappa shape index (κ1) is 11.4. The molecule has 1 aromatic carbocycles. The van der Waals surface area contributed by atoms with Crippen molar-refractivity contribution in [3.63, 3.8) is 0 Å². The van der Waals surface area contributed by atoms with Crippen LogP contribution in [0, 0.1) is 0 Å². The Hall–Kier alpha value is -2.05. The van der Waals surface area contributed by atoms with E-state index in [1.165, 1.54) is 12.1 Å². The Morgan fingerprint density at radius 3 is 2.29 bits per heavy atom. The Bertz CT molecular complexity index is 553. The van der Waals surface area contributed by atoms with E-state index in [0.717, 1.165) is 12.1 Å². The van der Waals surface area contributed by atoms with Gasteiger partial charge in [-0.2, -0.15) is 18.3 Å². The molecule has 1 aromatic heterocycles. The second-order valence-corrected chi connectivity index (χ2v) is 3.50. The summed E-state index contributed by atoms with van der Waals surface area (Å²) < 4.78 is 36.9. The van der Waals surface area contributed by atoms with Gasteiger partial charge in [0.25, 0.3) is 0 Å². The highest BCUT2D eigenvalue weighted by molar-refractivity contribution is 5.26. The van der Waals surface area contributed by atoms with E-state index >= 15 is 0 Å². The number of aromatic nitrogens is 3. The van der Waals surface area contributed by atoms with Crippen molar-refractivity contribution in [3.05, 3.63) is 51.7 Å². The fraction of sp³-hybridized carbons (Fsp3) is 0.200. The average molecular weight is 243 g/mol. The van der Waals surface area contributed by atoms with Crippen LogP contribution in [-0.4, -0.2) is 15.2 Å². The lowest BCUT2D eigenvalue weighted by molar-refractivity contribution is -0.137. The lowest BCUT2D eigenvalue weighted by Crippen LogP contribution is -2.05. The van der Waals surface area contributed by atoms with Crippen LogP contribution < -0.4 is 5.69 Å². The summed E-state index contributed by atoms with van der Waals surface area (Å²) in [5, 5.41) is 5.85. The van der Waals surface area contributed by atoms with E-state index in [1.54, 1.807) is 0 Å². The molecule has 0 atom stereocenters. The highest BCUT2D eigenvalue weighted by atomic mass is 19.4. The molecule has 2 N–H and O–H groups in total. The van der Waals surface area contributed by atoms with Crippen LogP contribution in [-0.2, 0) is 12.6 Å². The van der Waals surface area contributed by atoms with Gasteiger partial charge in [0, 0.05) is 6.42 Å². The Labute approximate surface area is 93.5 Å². The third-order valence-corrected chi connectivity index (χ3v) is 2.20. The summed E-state index contributed by atoms with van der Waals surface area (Å²) in [5.41, 5.74) is -0.496. The molecule has 0 saturated carbocycles. The van der Waals surface area contributed by atoms with Crippen molar-refractivity contribution in [1.82, 2.24) is 15.2 Å². The van der Waals surface area contributed by atoms with Crippen LogP contribution in [0.3, 0.4) is 0 Å². The first-order valence-electron chi connectivity index (χ1n) is 4.75. The van der Waals surface area contributed by atoms with E-state index in [1.807, 2.05) is 0 Å². The summed E-state index contributed by atoms with van der Waals surface area (Å²) in [6.07, 6.45) is -4.06. The maximum absolute atomic E-state index is 12.3. The van der Waals surface area contributed by atoms with Gasteiger partial charge in [0.15, 0.2) is 0 Å².